The fraction of sp³-hybridized carbons (Fsp3) is 0.333. The summed E-state index contributed by atoms with van der Waals surface area (Å²) in [5.74, 6) is 1.17. The highest BCUT2D eigenvalue weighted by atomic mass is 35.5. The summed E-state index contributed by atoms with van der Waals surface area (Å²) in [6, 6.07) is 12.4. The molecule has 0 atom stereocenters. The number of rotatable bonds is 4. The van der Waals surface area contributed by atoms with Gasteiger partial charge in [0.05, 0.1) is 11.1 Å². The van der Waals surface area contributed by atoms with E-state index in [1.165, 1.54) is 10.1 Å². The third-order valence-electron chi connectivity index (χ3n) is 5.62. The quantitative estimate of drug-likeness (QED) is 0.436. The van der Waals surface area contributed by atoms with E-state index in [9.17, 15) is 4.79 Å². The molecule has 0 spiro atoms. The third kappa shape index (κ3) is 6.63. The van der Waals surface area contributed by atoms with Crippen LogP contribution in [0.1, 0.15) is 11.1 Å². The number of amides is 1. The normalized spacial score (nSPS) is 15.9. The van der Waals surface area contributed by atoms with Crippen LogP contribution in [-0.2, 0) is 28.0 Å². The van der Waals surface area contributed by atoms with Crippen LogP contribution in [0.3, 0.4) is 0 Å². The molecule has 3 heterocycles. The summed E-state index contributed by atoms with van der Waals surface area (Å²) in [6.07, 6.45) is 1.36. The second-order valence-electron chi connectivity index (χ2n) is 7.85. The van der Waals surface area contributed by atoms with E-state index in [1.54, 1.807) is 11.5 Å². The summed E-state index contributed by atoms with van der Waals surface area (Å²) in [7, 11) is -4.67. The number of carbonyl (C=O) groups is 1. The number of nitrogens with one attached hydrogen (secondary N) is 1. The molecule has 13 heteroatoms. The minimum Gasteiger partial charge on any atom is -0.412 e. The van der Waals surface area contributed by atoms with Gasteiger partial charge in [0.15, 0.2) is 0 Å². The highest BCUT2D eigenvalue weighted by Gasteiger charge is 2.22. The van der Waals surface area contributed by atoms with Gasteiger partial charge in [0, 0.05) is 48.8 Å². The summed E-state index contributed by atoms with van der Waals surface area (Å²) in [6.45, 7) is 5.00. The number of carbonyl (C=O) groups excluding carboxylic acids is 1. The Kier molecular flexibility index (Phi) is 8.47. The number of anilines is 2. The van der Waals surface area contributed by atoms with E-state index in [0.717, 1.165) is 66.8 Å². The van der Waals surface area contributed by atoms with E-state index >= 15 is 0 Å². The van der Waals surface area contributed by atoms with Crippen molar-refractivity contribution in [1.29, 1.82) is 0 Å². The molecular weight excluding hydrogens is 504 g/mol. The fourth-order valence-corrected chi connectivity index (χ4v) is 5.11. The van der Waals surface area contributed by atoms with Crippen molar-refractivity contribution in [3.8, 4) is 0 Å². The Morgan fingerprint density at radius 3 is 2.50 bits per heavy atom. The molecule has 2 aliphatic heterocycles. The Balaban J connectivity index is 0.000000492. The lowest BCUT2D eigenvalue weighted by Crippen LogP contribution is -2.47. The van der Waals surface area contributed by atoms with Crippen LogP contribution in [0.5, 0.6) is 0 Å². The maximum atomic E-state index is 11.6. The largest absolute Gasteiger partial charge is 0.412 e. The van der Waals surface area contributed by atoms with E-state index < -0.39 is 10.4 Å². The predicted molar refractivity (Wildman–Crippen MR) is 134 cm³/mol. The second kappa shape index (κ2) is 11.0. The van der Waals surface area contributed by atoms with Crippen LogP contribution in [0, 0.1) is 0 Å². The van der Waals surface area contributed by atoms with Gasteiger partial charge in [-0.25, -0.2) is 0 Å². The van der Waals surface area contributed by atoms with Crippen LogP contribution in [-0.4, -0.2) is 70.9 Å². The number of benzene rings is 2. The molecule has 1 saturated heterocycles. The van der Waals surface area contributed by atoms with E-state index in [4.69, 9.17) is 29.1 Å². The molecule has 10 nitrogen and oxygen atoms in total. The van der Waals surface area contributed by atoms with E-state index in [0.29, 0.717) is 6.42 Å². The number of hydrogen-bond donors (Lipinski definition) is 3. The molecule has 2 aromatic carbocycles. The van der Waals surface area contributed by atoms with Crippen molar-refractivity contribution in [2.75, 3.05) is 42.9 Å². The van der Waals surface area contributed by atoms with Crippen LogP contribution >= 0.6 is 23.1 Å². The Bertz CT molecular complexity index is 1270. The van der Waals surface area contributed by atoms with E-state index in [-0.39, 0.29) is 11.4 Å². The average molecular weight is 529 g/mol. The van der Waals surface area contributed by atoms with Crippen LogP contribution in [0.15, 0.2) is 36.4 Å². The van der Waals surface area contributed by atoms with Gasteiger partial charge in [0.2, 0.25) is 5.91 Å². The van der Waals surface area contributed by atoms with Crippen LogP contribution in [0.2, 0.25) is 5.02 Å². The minimum atomic E-state index is -4.67. The smallest absolute Gasteiger partial charge is 0.394 e. The van der Waals surface area contributed by atoms with Gasteiger partial charge in [-0.05, 0) is 47.3 Å². The third-order valence-corrected chi connectivity index (χ3v) is 6.79. The molecule has 1 fully saturated rings. The Labute approximate surface area is 206 Å². The van der Waals surface area contributed by atoms with Crippen molar-refractivity contribution in [2.45, 2.75) is 12.8 Å². The summed E-state index contributed by atoms with van der Waals surface area (Å²) in [5.41, 5.74) is 3.05. The van der Waals surface area contributed by atoms with Crippen molar-refractivity contribution in [3.63, 3.8) is 0 Å². The molecule has 0 unspecified atom stereocenters. The number of aromatic nitrogens is 1. The molecule has 5 N–H and O–H groups in total. The lowest BCUT2D eigenvalue weighted by Gasteiger charge is -2.35. The van der Waals surface area contributed by atoms with Gasteiger partial charge in [0.25, 0.3) is 0 Å². The molecule has 0 aliphatic carbocycles. The van der Waals surface area contributed by atoms with Gasteiger partial charge in [-0.15, -0.1) is 0 Å². The maximum Gasteiger partial charge on any atom is 0.394 e. The average Bonchev–Trinajstić information content (AvgIpc) is 3.33. The van der Waals surface area contributed by atoms with Gasteiger partial charge in [-0.2, -0.15) is 12.8 Å². The molecule has 0 bridgehead atoms. The molecule has 0 radical (unpaired) electrons. The Hall–Kier alpha value is -2.32. The zero-order chi connectivity index (χ0) is 23.6. The highest BCUT2D eigenvalue weighted by Crippen LogP contribution is 2.31. The van der Waals surface area contributed by atoms with Crippen molar-refractivity contribution >= 4 is 61.0 Å². The molecule has 5 rings (SSSR count). The number of halogens is 1. The number of hydrogen-bond acceptors (Lipinski definition) is 7. The lowest BCUT2D eigenvalue weighted by atomic mass is 10.1. The zero-order valence-corrected chi connectivity index (χ0v) is 20.5. The first-order valence-electron chi connectivity index (χ1n) is 10.3. The topological polar surface area (TPSA) is 155 Å². The van der Waals surface area contributed by atoms with Crippen LogP contribution in [0.25, 0.3) is 10.1 Å². The summed E-state index contributed by atoms with van der Waals surface area (Å²) in [4.78, 5) is 16.4. The Morgan fingerprint density at radius 1 is 1.12 bits per heavy atom. The SMILES string of the molecule is O.O=C1Cc2cc(CCN3CCN(c4nsc5ccccc45)CC3)c(Cl)cc2N1.O=S(=O)(O)O. The predicted octanol–water partition coefficient (Wildman–Crippen LogP) is 2.33. The Morgan fingerprint density at radius 2 is 1.79 bits per heavy atom. The second-order valence-corrected chi connectivity index (χ2v) is 9.96. The molecule has 0 saturated carbocycles. The first kappa shape index (κ1) is 26.3. The standard InChI is InChI=1S/C21H21ClN4OS.H2O4S.H2O/c22-17-13-18-15(12-20(27)23-18)11-14(17)5-6-25-7-9-26(10-8-25)21-16-3-1-2-4-19(16)28-24-21;1-5(2,3)4;/h1-4,11,13H,5-10,12H2,(H,23,27);(H2,1,2,3,4);1H2. The zero-order valence-electron chi connectivity index (χ0n) is 18.1. The van der Waals surface area contributed by atoms with Crippen molar-refractivity contribution < 1.29 is 27.8 Å². The number of fused-ring (bicyclic) bond motifs is 2. The molecule has 34 heavy (non-hydrogen) atoms. The van der Waals surface area contributed by atoms with Crippen LogP contribution in [0.4, 0.5) is 11.5 Å². The molecule has 2 aliphatic rings. The first-order valence-corrected chi connectivity index (χ1v) is 12.8. The number of nitrogens with zero attached hydrogens (tertiary/aromatic N) is 3. The van der Waals surface area contributed by atoms with Crippen molar-refractivity contribution in [2.24, 2.45) is 0 Å². The van der Waals surface area contributed by atoms with Gasteiger partial charge in [-0.1, -0.05) is 29.8 Å². The number of piperazine rings is 1. The van der Waals surface area contributed by atoms with Crippen molar-refractivity contribution in [3.05, 3.63) is 52.5 Å². The van der Waals surface area contributed by atoms with Gasteiger partial charge < -0.3 is 15.7 Å². The van der Waals surface area contributed by atoms with Crippen molar-refractivity contribution in [1.82, 2.24) is 9.27 Å². The molecule has 1 amide bonds. The van der Waals surface area contributed by atoms with Gasteiger partial charge in [-0.3, -0.25) is 18.8 Å². The summed E-state index contributed by atoms with van der Waals surface area (Å²) < 4.78 is 37.5. The molecule has 184 valence electrons. The monoisotopic (exact) mass is 528 g/mol. The first-order chi connectivity index (χ1) is 15.7. The van der Waals surface area contributed by atoms with E-state index in [2.05, 4.69) is 49.8 Å². The highest BCUT2D eigenvalue weighted by molar-refractivity contribution is 7.79. The molecule has 3 aromatic rings. The van der Waals surface area contributed by atoms with Gasteiger partial charge in [0.1, 0.15) is 5.82 Å². The molecule has 1 aromatic heterocycles. The van der Waals surface area contributed by atoms with Crippen LogP contribution < -0.4 is 10.2 Å². The van der Waals surface area contributed by atoms with Gasteiger partial charge >= 0.3 is 10.4 Å². The van der Waals surface area contributed by atoms with E-state index in [1.807, 2.05) is 6.07 Å². The summed E-state index contributed by atoms with van der Waals surface area (Å²) >= 11 is 8.01. The minimum absolute atomic E-state index is 0. The maximum absolute atomic E-state index is 11.6. The summed E-state index contributed by atoms with van der Waals surface area (Å²) in [5, 5.41) is 4.86. The molecular formula is C21H25ClN4O6S2. The fourth-order valence-electron chi connectivity index (χ4n) is 4.05. The lowest BCUT2D eigenvalue weighted by molar-refractivity contribution is -0.115.